The Labute approximate surface area is 93.8 Å². The minimum absolute atomic E-state index is 0.217. The van der Waals surface area contributed by atoms with Crippen molar-refractivity contribution in [2.24, 2.45) is 0 Å². The summed E-state index contributed by atoms with van der Waals surface area (Å²) >= 11 is 4.05. The normalized spacial score (nSPS) is 10.5. The molecule has 0 aromatic heterocycles. The van der Waals surface area contributed by atoms with E-state index in [1.54, 1.807) is 12.1 Å². The van der Waals surface area contributed by atoms with Gasteiger partial charge in [0, 0.05) is 11.3 Å². The monoisotopic (exact) mass is 224 g/mol. The summed E-state index contributed by atoms with van der Waals surface area (Å²) in [4.78, 5) is 10.7. The number of hydrogen-bond donors (Lipinski definition) is 2. The van der Waals surface area contributed by atoms with E-state index in [1.165, 1.54) is 13.2 Å². The lowest BCUT2D eigenvalue weighted by molar-refractivity contribution is 0.0696. The Morgan fingerprint density at radius 3 is 2.87 bits per heavy atom. The third-order valence-electron chi connectivity index (χ3n) is 1.88. The fourth-order valence-corrected chi connectivity index (χ4v) is 1.27. The molecule has 0 aliphatic carbocycles. The number of carboxylic acids is 1. The van der Waals surface area contributed by atoms with Gasteiger partial charge in [-0.05, 0) is 12.1 Å². The average molecular weight is 224 g/mol. The zero-order chi connectivity index (χ0) is 11.3. The largest absolute Gasteiger partial charge is 0.496 e. The molecular weight excluding hydrogens is 212 g/mol. The van der Waals surface area contributed by atoms with Gasteiger partial charge in [0.05, 0.1) is 12.7 Å². The highest BCUT2D eigenvalue weighted by molar-refractivity contribution is 7.80. The molecule has 0 saturated heterocycles. The van der Waals surface area contributed by atoms with Crippen LogP contribution < -0.4 is 4.74 Å². The Hall–Kier alpha value is -1.42. The van der Waals surface area contributed by atoms with Crippen LogP contribution in [-0.2, 0) is 0 Å². The van der Waals surface area contributed by atoms with Crippen molar-refractivity contribution < 1.29 is 14.6 Å². The molecule has 0 bridgehead atoms. The molecule has 0 radical (unpaired) electrons. The minimum Gasteiger partial charge on any atom is -0.496 e. The zero-order valence-electron chi connectivity index (χ0n) is 8.30. The standard InChI is InChI=1S/C11H12O3S/c1-14-10-7-9(11(12)13)5-4-8(10)3-2-6-15/h2-5,7,15H,6H2,1H3,(H,12,13). The van der Waals surface area contributed by atoms with Crippen molar-refractivity contribution in [2.45, 2.75) is 0 Å². The van der Waals surface area contributed by atoms with Gasteiger partial charge in [0.25, 0.3) is 0 Å². The van der Waals surface area contributed by atoms with E-state index in [0.29, 0.717) is 11.5 Å². The molecule has 0 aliphatic rings. The predicted molar refractivity (Wildman–Crippen MR) is 62.8 cm³/mol. The van der Waals surface area contributed by atoms with Crippen LogP contribution in [0, 0.1) is 0 Å². The SMILES string of the molecule is COc1cc(C(=O)O)ccc1C=CCS. The van der Waals surface area contributed by atoms with E-state index in [2.05, 4.69) is 12.6 Å². The predicted octanol–water partition coefficient (Wildman–Crippen LogP) is 2.34. The zero-order valence-corrected chi connectivity index (χ0v) is 9.20. The van der Waals surface area contributed by atoms with Crippen LogP contribution in [0.1, 0.15) is 15.9 Å². The lowest BCUT2D eigenvalue weighted by Gasteiger charge is -2.05. The number of benzene rings is 1. The molecule has 0 saturated carbocycles. The van der Waals surface area contributed by atoms with E-state index >= 15 is 0 Å². The average Bonchev–Trinajstić information content (AvgIpc) is 2.25. The molecule has 0 unspecified atom stereocenters. The topological polar surface area (TPSA) is 46.5 Å². The summed E-state index contributed by atoms with van der Waals surface area (Å²) in [5, 5.41) is 8.79. The van der Waals surface area contributed by atoms with Gasteiger partial charge in [-0.3, -0.25) is 0 Å². The lowest BCUT2D eigenvalue weighted by atomic mass is 10.1. The Balaban J connectivity index is 3.09. The summed E-state index contributed by atoms with van der Waals surface area (Å²) in [7, 11) is 1.51. The minimum atomic E-state index is -0.960. The Kier molecular flexibility index (Phi) is 4.24. The van der Waals surface area contributed by atoms with Crippen molar-refractivity contribution in [1.29, 1.82) is 0 Å². The third kappa shape index (κ3) is 3.02. The van der Waals surface area contributed by atoms with Crippen LogP contribution in [-0.4, -0.2) is 23.9 Å². The first-order valence-electron chi connectivity index (χ1n) is 4.37. The second kappa shape index (κ2) is 5.46. The maximum Gasteiger partial charge on any atom is 0.335 e. The number of ether oxygens (including phenoxy) is 1. The molecule has 0 atom stereocenters. The first kappa shape index (κ1) is 11.7. The molecule has 0 spiro atoms. The van der Waals surface area contributed by atoms with Crippen molar-refractivity contribution in [3.8, 4) is 5.75 Å². The number of rotatable bonds is 4. The number of hydrogen-bond acceptors (Lipinski definition) is 3. The van der Waals surface area contributed by atoms with Crippen LogP contribution in [0.2, 0.25) is 0 Å². The van der Waals surface area contributed by atoms with E-state index in [4.69, 9.17) is 9.84 Å². The van der Waals surface area contributed by atoms with E-state index in [0.717, 1.165) is 5.56 Å². The molecule has 1 N–H and O–H groups in total. The van der Waals surface area contributed by atoms with Gasteiger partial charge < -0.3 is 9.84 Å². The Morgan fingerprint density at radius 2 is 2.33 bits per heavy atom. The number of thiol groups is 1. The fraction of sp³-hybridized carbons (Fsp3) is 0.182. The fourth-order valence-electron chi connectivity index (χ4n) is 1.16. The molecule has 3 nitrogen and oxygen atoms in total. The van der Waals surface area contributed by atoms with E-state index in [9.17, 15) is 4.79 Å². The van der Waals surface area contributed by atoms with Crippen LogP contribution in [0.3, 0.4) is 0 Å². The van der Waals surface area contributed by atoms with Crippen molar-refractivity contribution in [3.63, 3.8) is 0 Å². The first-order chi connectivity index (χ1) is 7.19. The molecule has 0 fully saturated rings. The van der Waals surface area contributed by atoms with E-state index in [1.807, 2.05) is 12.2 Å². The summed E-state index contributed by atoms with van der Waals surface area (Å²) in [5.74, 6) is 0.218. The summed E-state index contributed by atoms with van der Waals surface area (Å²) in [6.07, 6.45) is 3.71. The lowest BCUT2D eigenvalue weighted by Crippen LogP contribution is -1.97. The van der Waals surface area contributed by atoms with Crippen LogP contribution in [0.4, 0.5) is 0 Å². The van der Waals surface area contributed by atoms with E-state index in [-0.39, 0.29) is 5.56 Å². The number of methoxy groups -OCH3 is 1. The summed E-state index contributed by atoms with van der Waals surface area (Å²) < 4.78 is 5.09. The van der Waals surface area contributed by atoms with Gasteiger partial charge in [-0.25, -0.2) is 4.79 Å². The molecule has 0 heterocycles. The maximum atomic E-state index is 10.7. The molecule has 4 heteroatoms. The molecule has 1 aromatic rings. The Morgan fingerprint density at radius 1 is 1.60 bits per heavy atom. The third-order valence-corrected chi connectivity index (χ3v) is 2.09. The molecule has 0 aliphatic heterocycles. The molecular formula is C11H12O3S. The molecule has 0 amide bonds. The van der Waals surface area contributed by atoms with Crippen LogP contribution in [0.25, 0.3) is 6.08 Å². The highest BCUT2D eigenvalue weighted by Gasteiger charge is 2.06. The number of carboxylic acid groups (broad SMARTS) is 1. The van der Waals surface area contributed by atoms with Crippen LogP contribution in [0.5, 0.6) is 5.75 Å². The highest BCUT2D eigenvalue weighted by atomic mass is 32.1. The molecule has 1 aromatic carbocycles. The molecule has 1 rings (SSSR count). The van der Waals surface area contributed by atoms with Crippen LogP contribution >= 0.6 is 12.6 Å². The van der Waals surface area contributed by atoms with Gasteiger partial charge >= 0.3 is 5.97 Å². The van der Waals surface area contributed by atoms with E-state index < -0.39 is 5.97 Å². The number of aromatic carboxylic acids is 1. The second-order valence-electron chi connectivity index (χ2n) is 2.85. The number of carbonyl (C=O) groups is 1. The van der Waals surface area contributed by atoms with Gasteiger partial charge in [0.15, 0.2) is 0 Å². The summed E-state index contributed by atoms with van der Waals surface area (Å²) in [5.41, 5.74) is 1.06. The summed E-state index contributed by atoms with van der Waals surface area (Å²) in [6.45, 7) is 0. The van der Waals surface area contributed by atoms with Gasteiger partial charge in [-0.15, -0.1) is 0 Å². The van der Waals surface area contributed by atoms with Gasteiger partial charge in [-0.1, -0.05) is 18.2 Å². The summed E-state index contributed by atoms with van der Waals surface area (Å²) in [6, 6.07) is 4.76. The molecule has 80 valence electrons. The maximum absolute atomic E-state index is 10.7. The Bertz CT molecular complexity index is 385. The van der Waals surface area contributed by atoms with Gasteiger partial charge in [-0.2, -0.15) is 12.6 Å². The van der Waals surface area contributed by atoms with Crippen molar-refractivity contribution >= 4 is 24.7 Å². The second-order valence-corrected chi connectivity index (χ2v) is 3.21. The smallest absolute Gasteiger partial charge is 0.335 e. The van der Waals surface area contributed by atoms with Crippen molar-refractivity contribution in [1.82, 2.24) is 0 Å². The van der Waals surface area contributed by atoms with Crippen molar-refractivity contribution in [3.05, 3.63) is 35.4 Å². The van der Waals surface area contributed by atoms with Gasteiger partial charge in [0.2, 0.25) is 0 Å². The first-order valence-corrected chi connectivity index (χ1v) is 5.01. The van der Waals surface area contributed by atoms with Gasteiger partial charge in [0.1, 0.15) is 5.75 Å². The quantitative estimate of drug-likeness (QED) is 0.772. The van der Waals surface area contributed by atoms with Crippen LogP contribution in [0.15, 0.2) is 24.3 Å². The molecule has 15 heavy (non-hydrogen) atoms. The highest BCUT2D eigenvalue weighted by Crippen LogP contribution is 2.21. The van der Waals surface area contributed by atoms with Crippen molar-refractivity contribution in [2.75, 3.05) is 12.9 Å².